The van der Waals surface area contributed by atoms with E-state index in [1.807, 2.05) is 6.92 Å². The Morgan fingerprint density at radius 1 is 1.36 bits per heavy atom. The third-order valence-corrected chi connectivity index (χ3v) is 3.37. The van der Waals surface area contributed by atoms with Crippen LogP contribution in [0.5, 0.6) is 0 Å². The number of benzene rings is 1. The Hall–Kier alpha value is -2.44. The summed E-state index contributed by atoms with van der Waals surface area (Å²) in [6.45, 7) is 3.71. The first-order chi connectivity index (χ1) is 10.4. The molecule has 1 atom stereocenters. The highest BCUT2D eigenvalue weighted by Crippen LogP contribution is 2.21. The molecule has 0 aliphatic carbocycles. The Kier molecular flexibility index (Phi) is 6.49. The van der Waals surface area contributed by atoms with Gasteiger partial charge in [-0.15, -0.1) is 0 Å². The average molecular weight is 308 g/mol. The molecule has 0 spiro atoms. The molecule has 0 fully saturated rings. The van der Waals surface area contributed by atoms with E-state index in [1.165, 1.54) is 18.2 Å². The summed E-state index contributed by atoms with van der Waals surface area (Å²) in [5.41, 5.74) is 0.490. The standard InChI is InChI=1S/C15H20N2O5/c1-3-5-6-12(15(19)20)16-14(18)11-8-7-10(4-2)13(9-11)17(21)22/h7-9,12H,3-6H2,1-2H3,(H,16,18)(H,19,20)/t12-/m0/s1. The van der Waals surface area contributed by atoms with Crippen LogP contribution in [0.2, 0.25) is 0 Å². The zero-order valence-electron chi connectivity index (χ0n) is 12.7. The number of carbonyl (C=O) groups excluding carboxylic acids is 1. The summed E-state index contributed by atoms with van der Waals surface area (Å²) in [7, 11) is 0. The number of carboxylic acid groups (broad SMARTS) is 1. The van der Waals surface area contributed by atoms with Crippen molar-refractivity contribution >= 4 is 17.6 Å². The van der Waals surface area contributed by atoms with E-state index < -0.39 is 22.8 Å². The molecule has 1 aromatic rings. The monoisotopic (exact) mass is 308 g/mol. The van der Waals surface area contributed by atoms with Crippen molar-refractivity contribution in [1.82, 2.24) is 5.32 Å². The molecule has 120 valence electrons. The molecule has 0 bridgehead atoms. The Bertz CT molecular complexity index is 571. The number of nitro benzene ring substituents is 1. The molecule has 0 aromatic heterocycles. The minimum Gasteiger partial charge on any atom is -0.480 e. The maximum atomic E-state index is 12.1. The molecule has 2 N–H and O–H groups in total. The van der Waals surface area contributed by atoms with Crippen molar-refractivity contribution in [3.05, 3.63) is 39.4 Å². The third kappa shape index (κ3) is 4.54. The second kappa shape index (κ2) is 8.11. The summed E-state index contributed by atoms with van der Waals surface area (Å²) in [6.07, 6.45) is 2.29. The molecule has 1 amide bonds. The fourth-order valence-electron chi connectivity index (χ4n) is 2.08. The fraction of sp³-hybridized carbons (Fsp3) is 0.467. The maximum Gasteiger partial charge on any atom is 0.326 e. The highest BCUT2D eigenvalue weighted by Gasteiger charge is 2.22. The van der Waals surface area contributed by atoms with Gasteiger partial charge in [-0.25, -0.2) is 4.79 Å². The molecule has 0 radical (unpaired) electrons. The van der Waals surface area contributed by atoms with Gasteiger partial charge in [-0.3, -0.25) is 14.9 Å². The Morgan fingerprint density at radius 2 is 2.05 bits per heavy atom. The lowest BCUT2D eigenvalue weighted by Gasteiger charge is -2.14. The van der Waals surface area contributed by atoms with Crippen LogP contribution in [0.1, 0.15) is 49.0 Å². The molecule has 7 nitrogen and oxygen atoms in total. The van der Waals surface area contributed by atoms with Crippen molar-refractivity contribution in [2.45, 2.75) is 45.6 Å². The third-order valence-electron chi connectivity index (χ3n) is 3.37. The van der Waals surface area contributed by atoms with E-state index in [0.29, 0.717) is 24.8 Å². The fourth-order valence-corrected chi connectivity index (χ4v) is 2.08. The number of carboxylic acids is 1. The molecule has 22 heavy (non-hydrogen) atoms. The van der Waals surface area contributed by atoms with Crippen LogP contribution in [0, 0.1) is 10.1 Å². The molecule has 0 aliphatic rings. The first-order valence-corrected chi connectivity index (χ1v) is 7.21. The van der Waals surface area contributed by atoms with Gasteiger partial charge in [0.1, 0.15) is 6.04 Å². The second-order valence-corrected chi connectivity index (χ2v) is 4.96. The summed E-state index contributed by atoms with van der Waals surface area (Å²) in [6, 6.07) is 3.19. The molecule has 7 heteroatoms. The Labute approximate surface area is 128 Å². The largest absolute Gasteiger partial charge is 0.480 e. The number of aryl methyl sites for hydroxylation is 1. The Balaban J connectivity index is 2.95. The van der Waals surface area contributed by atoms with Gasteiger partial charge in [-0.1, -0.05) is 32.8 Å². The van der Waals surface area contributed by atoms with Crippen molar-refractivity contribution in [1.29, 1.82) is 0 Å². The van der Waals surface area contributed by atoms with Gasteiger partial charge in [0.15, 0.2) is 0 Å². The molecule has 1 rings (SSSR count). The lowest BCUT2D eigenvalue weighted by molar-refractivity contribution is -0.385. The summed E-state index contributed by atoms with van der Waals surface area (Å²) in [5, 5.41) is 22.5. The zero-order chi connectivity index (χ0) is 16.7. The van der Waals surface area contributed by atoms with Gasteiger partial charge in [0.05, 0.1) is 4.92 Å². The number of nitro groups is 1. The number of rotatable bonds is 8. The van der Waals surface area contributed by atoms with Crippen molar-refractivity contribution < 1.29 is 19.6 Å². The van der Waals surface area contributed by atoms with Gasteiger partial charge in [0.25, 0.3) is 11.6 Å². The van der Waals surface area contributed by atoms with Crippen LogP contribution in [0.3, 0.4) is 0 Å². The molecular weight excluding hydrogens is 288 g/mol. The minimum atomic E-state index is -1.11. The van der Waals surface area contributed by atoms with Crippen molar-refractivity contribution in [3.63, 3.8) is 0 Å². The first kappa shape index (κ1) is 17.6. The van der Waals surface area contributed by atoms with Gasteiger partial charge in [0, 0.05) is 17.2 Å². The molecular formula is C15H20N2O5. The highest BCUT2D eigenvalue weighted by atomic mass is 16.6. The van der Waals surface area contributed by atoms with Crippen LogP contribution in [0.25, 0.3) is 0 Å². The van der Waals surface area contributed by atoms with E-state index in [-0.39, 0.29) is 11.3 Å². The quantitative estimate of drug-likeness (QED) is 0.566. The van der Waals surface area contributed by atoms with Gasteiger partial charge < -0.3 is 10.4 Å². The van der Waals surface area contributed by atoms with E-state index in [4.69, 9.17) is 5.11 Å². The van der Waals surface area contributed by atoms with Crippen LogP contribution in [0.15, 0.2) is 18.2 Å². The number of amides is 1. The van der Waals surface area contributed by atoms with Crippen LogP contribution in [-0.2, 0) is 11.2 Å². The van der Waals surface area contributed by atoms with Crippen molar-refractivity contribution in [2.24, 2.45) is 0 Å². The topological polar surface area (TPSA) is 110 Å². The number of hydrogen-bond acceptors (Lipinski definition) is 4. The molecule has 1 aromatic carbocycles. The predicted molar refractivity (Wildman–Crippen MR) is 80.9 cm³/mol. The van der Waals surface area contributed by atoms with Crippen LogP contribution < -0.4 is 5.32 Å². The maximum absolute atomic E-state index is 12.1. The molecule has 0 unspecified atom stereocenters. The number of hydrogen-bond donors (Lipinski definition) is 2. The molecule has 0 saturated carbocycles. The van der Waals surface area contributed by atoms with Gasteiger partial charge in [-0.2, -0.15) is 0 Å². The first-order valence-electron chi connectivity index (χ1n) is 7.21. The number of carbonyl (C=O) groups is 2. The van der Waals surface area contributed by atoms with Gasteiger partial charge >= 0.3 is 5.97 Å². The van der Waals surface area contributed by atoms with Crippen molar-refractivity contribution in [2.75, 3.05) is 0 Å². The second-order valence-electron chi connectivity index (χ2n) is 4.96. The van der Waals surface area contributed by atoms with Crippen LogP contribution in [0.4, 0.5) is 5.69 Å². The number of unbranched alkanes of at least 4 members (excludes halogenated alkanes) is 1. The van der Waals surface area contributed by atoms with Crippen molar-refractivity contribution in [3.8, 4) is 0 Å². The Morgan fingerprint density at radius 3 is 2.55 bits per heavy atom. The lowest BCUT2D eigenvalue weighted by Crippen LogP contribution is -2.40. The van der Waals surface area contributed by atoms with E-state index in [9.17, 15) is 19.7 Å². The average Bonchev–Trinajstić information content (AvgIpc) is 2.50. The summed E-state index contributed by atoms with van der Waals surface area (Å²) >= 11 is 0. The number of nitrogens with one attached hydrogen (secondary N) is 1. The van der Waals surface area contributed by atoms with Crippen LogP contribution in [-0.4, -0.2) is 27.9 Å². The summed E-state index contributed by atoms with van der Waals surface area (Å²) in [4.78, 5) is 33.7. The lowest BCUT2D eigenvalue weighted by atomic mass is 10.1. The normalized spacial score (nSPS) is 11.7. The molecule has 0 heterocycles. The van der Waals surface area contributed by atoms with Gasteiger partial charge in [-0.05, 0) is 18.9 Å². The smallest absolute Gasteiger partial charge is 0.326 e. The SMILES string of the molecule is CCCC[C@H](NC(=O)c1ccc(CC)c([N+](=O)[O-])c1)C(=O)O. The van der Waals surface area contributed by atoms with E-state index >= 15 is 0 Å². The number of aliphatic carboxylic acids is 1. The predicted octanol–water partition coefficient (Wildman–Crippen LogP) is 2.53. The molecule has 0 aliphatic heterocycles. The number of nitrogens with zero attached hydrogens (tertiary/aromatic N) is 1. The summed E-state index contributed by atoms with van der Waals surface area (Å²) in [5.74, 6) is -1.73. The van der Waals surface area contributed by atoms with E-state index in [0.717, 1.165) is 6.42 Å². The van der Waals surface area contributed by atoms with E-state index in [1.54, 1.807) is 6.92 Å². The molecule has 0 saturated heterocycles. The van der Waals surface area contributed by atoms with E-state index in [2.05, 4.69) is 5.32 Å². The highest BCUT2D eigenvalue weighted by molar-refractivity contribution is 5.97. The minimum absolute atomic E-state index is 0.0895. The zero-order valence-corrected chi connectivity index (χ0v) is 12.7. The van der Waals surface area contributed by atoms with Crippen LogP contribution >= 0.6 is 0 Å². The van der Waals surface area contributed by atoms with Gasteiger partial charge in [0.2, 0.25) is 0 Å². The summed E-state index contributed by atoms with van der Waals surface area (Å²) < 4.78 is 0.